The van der Waals surface area contributed by atoms with Gasteiger partial charge in [0.25, 0.3) is 0 Å². The molecule has 24 heavy (non-hydrogen) atoms. The van der Waals surface area contributed by atoms with Crippen LogP contribution < -0.4 is 0 Å². The average Bonchev–Trinajstić information content (AvgIpc) is 2.84. The van der Waals surface area contributed by atoms with E-state index in [2.05, 4.69) is 13.8 Å². The number of fused-ring (bicyclic) bond motifs is 5. The molecule has 0 aromatic carbocycles. The largest absolute Gasteiger partial charge is 0.365 e. The van der Waals surface area contributed by atoms with Gasteiger partial charge in [-0.15, -0.1) is 0 Å². The number of carbonyl (C=O) groups is 1. The molecule has 4 rings (SSSR count). The fourth-order valence-corrected chi connectivity index (χ4v) is 6.86. The van der Waals surface area contributed by atoms with Crippen LogP contribution in [-0.4, -0.2) is 22.3 Å². The van der Waals surface area contributed by atoms with Crippen molar-refractivity contribution in [2.45, 2.75) is 71.5 Å². The third-order valence-electron chi connectivity index (χ3n) is 8.16. The van der Waals surface area contributed by atoms with Crippen molar-refractivity contribution >= 4 is 5.78 Å². The smallest absolute Gasteiger partial charge is 0.171 e. The first-order chi connectivity index (χ1) is 11.3. The molecule has 0 aromatic heterocycles. The number of aliphatic hydroxyl groups is 2. The lowest BCUT2D eigenvalue weighted by molar-refractivity contribution is -0.117. The van der Waals surface area contributed by atoms with Crippen LogP contribution in [0.4, 0.5) is 0 Å². The maximum absolute atomic E-state index is 11.9. The van der Waals surface area contributed by atoms with Gasteiger partial charge in [0.15, 0.2) is 12.1 Å². The Labute approximate surface area is 144 Å². The summed E-state index contributed by atoms with van der Waals surface area (Å²) in [4.78, 5) is 11.9. The summed E-state index contributed by atoms with van der Waals surface area (Å²) in [7, 11) is 0. The third kappa shape index (κ3) is 2.28. The van der Waals surface area contributed by atoms with Crippen molar-refractivity contribution in [2.24, 2.45) is 28.6 Å². The maximum Gasteiger partial charge on any atom is 0.171 e. The number of hydrogen-bond donors (Lipinski definition) is 2. The molecule has 0 unspecified atom stereocenters. The lowest BCUT2D eigenvalue weighted by Gasteiger charge is -2.57. The Hall–Kier alpha value is -0.930. The molecule has 0 heterocycles. The van der Waals surface area contributed by atoms with E-state index in [1.807, 2.05) is 6.08 Å². The first-order valence-electron chi connectivity index (χ1n) is 9.66. The molecular formula is C21H30O3. The van der Waals surface area contributed by atoms with Crippen LogP contribution in [0, 0.1) is 28.6 Å². The van der Waals surface area contributed by atoms with Crippen LogP contribution in [0.2, 0.25) is 0 Å². The highest BCUT2D eigenvalue weighted by atomic mass is 16.5. The Morgan fingerprint density at radius 2 is 1.79 bits per heavy atom. The Bertz CT molecular complexity index is 617. The minimum Gasteiger partial charge on any atom is -0.365 e. The van der Waals surface area contributed by atoms with E-state index >= 15 is 0 Å². The standard InChI is InChI=1S/C21H30O3/c1-20-9-7-15(22)11-13(20)3-5-16-17-6-4-14(12-19(23)24)21(17,2)10-8-18(16)20/h11-12,16-19,23-24H,3-10H2,1-2H3/t16-,17-,18-,20-,21+/m0/s1. The molecular weight excluding hydrogens is 300 g/mol. The number of carbonyl (C=O) groups excluding carboxylic acids is 1. The van der Waals surface area contributed by atoms with Gasteiger partial charge in [-0.3, -0.25) is 4.79 Å². The number of hydrogen-bond acceptors (Lipinski definition) is 3. The van der Waals surface area contributed by atoms with Crippen molar-refractivity contribution in [1.82, 2.24) is 0 Å². The summed E-state index contributed by atoms with van der Waals surface area (Å²) in [5, 5.41) is 18.8. The second-order valence-corrected chi connectivity index (χ2v) is 9.07. The van der Waals surface area contributed by atoms with Crippen LogP contribution in [0.3, 0.4) is 0 Å². The van der Waals surface area contributed by atoms with Crippen molar-refractivity contribution in [2.75, 3.05) is 0 Å². The lowest BCUT2D eigenvalue weighted by atomic mass is 9.47. The van der Waals surface area contributed by atoms with Crippen LogP contribution in [0.5, 0.6) is 0 Å². The first kappa shape index (κ1) is 16.5. The SMILES string of the molecule is C[C@]12CCC(=O)C=C1CC[C@@H]1[C@@H]2CC[C@]2(C)C(=CC(O)O)CC[C@@H]12. The van der Waals surface area contributed by atoms with Crippen molar-refractivity contribution in [3.63, 3.8) is 0 Å². The fraction of sp³-hybridized carbons (Fsp3) is 0.762. The van der Waals surface area contributed by atoms with E-state index in [1.165, 1.54) is 30.4 Å². The molecule has 4 aliphatic carbocycles. The monoisotopic (exact) mass is 330 g/mol. The van der Waals surface area contributed by atoms with Gasteiger partial charge in [0.2, 0.25) is 0 Å². The van der Waals surface area contributed by atoms with Crippen molar-refractivity contribution < 1.29 is 15.0 Å². The van der Waals surface area contributed by atoms with Crippen molar-refractivity contribution in [3.05, 3.63) is 23.3 Å². The van der Waals surface area contributed by atoms with Gasteiger partial charge >= 0.3 is 0 Å². The molecule has 0 amide bonds. The average molecular weight is 330 g/mol. The lowest BCUT2D eigenvalue weighted by Crippen LogP contribution is -2.49. The van der Waals surface area contributed by atoms with Gasteiger partial charge in [-0.2, -0.15) is 0 Å². The number of aliphatic hydroxyl groups excluding tert-OH is 1. The molecule has 5 atom stereocenters. The fourth-order valence-electron chi connectivity index (χ4n) is 6.86. The topological polar surface area (TPSA) is 57.5 Å². The van der Waals surface area contributed by atoms with E-state index in [0.29, 0.717) is 24.0 Å². The van der Waals surface area contributed by atoms with E-state index in [-0.39, 0.29) is 10.8 Å². The van der Waals surface area contributed by atoms with E-state index in [9.17, 15) is 15.0 Å². The zero-order valence-corrected chi connectivity index (χ0v) is 14.9. The van der Waals surface area contributed by atoms with Gasteiger partial charge in [0.1, 0.15) is 0 Å². The molecule has 3 nitrogen and oxygen atoms in total. The van der Waals surface area contributed by atoms with Gasteiger partial charge < -0.3 is 10.2 Å². The highest BCUT2D eigenvalue weighted by Gasteiger charge is 2.57. The summed E-state index contributed by atoms with van der Waals surface area (Å²) in [6.45, 7) is 4.77. The minimum absolute atomic E-state index is 0.146. The van der Waals surface area contributed by atoms with Gasteiger partial charge in [-0.05, 0) is 85.7 Å². The highest BCUT2D eigenvalue weighted by molar-refractivity contribution is 5.91. The molecule has 0 spiro atoms. The van der Waals surface area contributed by atoms with Gasteiger partial charge in [-0.25, -0.2) is 0 Å². The van der Waals surface area contributed by atoms with Crippen LogP contribution in [-0.2, 0) is 4.79 Å². The predicted octanol–water partition coefficient (Wildman–Crippen LogP) is 3.76. The van der Waals surface area contributed by atoms with Crippen molar-refractivity contribution in [3.8, 4) is 0 Å². The second kappa shape index (κ2) is 5.54. The van der Waals surface area contributed by atoms with Gasteiger partial charge in [0.05, 0.1) is 0 Å². The summed E-state index contributed by atoms with van der Waals surface area (Å²) in [5.41, 5.74) is 3.06. The number of rotatable bonds is 1. The van der Waals surface area contributed by atoms with Crippen LogP contribution in [0.15, 0.2) is 23.3 Å². The zero-order valence-electron chi connectivity index (χ0n) is 14.9. The highest BCUT2D eigenvalue weighted by Crippen LogP contribution is 2.66. The summed E-state index contributed by atoms with van der Waals surface area (Å²) >= 11 is 0. The molecule has 132 valence electrons. The maximum atomic E-state index is 11.9. The Morgan fingerprint density at radius 1 is 1.04 bits per heavy atom. The minimum atomic E-state index is -1.32. The third-order valence-corrected chi connectivity index (χ3v) is 8.16. The van der Waals surface area contributed by atoms with Gasteiger partial charge in [-0.1, -0.05) is 25.0 Å². The molecule has 0 saturated heterocycles. The normalized spacial score (nSPS) is 46.5. The zero-order chi connectivity index (χ0) is 17.1. The molecule has 3 fully saturated rings. The quantitative estimate of drug-likeness (QED) is 0.568. The molecule has 0 aromatic rings. The molecule has 3 saturated carbocycles. The summed E-state index contributed by atoms with van der Waals surface area (Å²) < 4.78 is 0. The summed E-state index contributed by atoms with van der Waals surface area (Å²) in [6.07, 6.45) is 10.9. The van der Waals surface area contributed by atoms with Crippen LogP contribution in [0.25, 0.3) is 0 Å². The molecule has 0 radical (unpaired) electrons. The molecule has 4 aliphatic rings. The summed E-state index contributed by atoms with van der Waals surface area (Å²) in [5.74, 6) is 2.41. The Kier molecular flexibility index (Phi) is 3.81. The van der Waals surface area contributed by atoms with Crippen LogP contribution >= 0.6 is 0 Å². The van der Waals surface area contributed by atoms with Crippen molar-refractivity contribution in [1.29, 1.82) is 0 Å². The number of ketones is 1. The predicted molar refractivity (Wildman–Crippen MR) is 93.0 cm³/mol. The second-order valence-electron chi connectivity index (χ2n) is 9.07. The molecule has 0 bridgehead atoms. The first-order valence-corrected chi connectivity index (χ1v) is 9.66. The van der Waals surface area contributed by atoms with E-state index in [0.717, 1.165) is 31.6 Å². The van der Waals surface area contributed by atoms with E-state index in [4.69, 9.17) is 0 Å². The van der Waals surface area contributed by atoms with E-state index < -0.39 is 6.29 Å². The Morgan fingerprint density at radius 3 is 2.54 bits per heavy atom. The molecule has 3 heteroatoms. The van der Waals surface area contributed by atoms with Gasteiger partial charge in [0, 0.05) is 6.42 Å². The summed E-state index contributed by atoms with van der Waals surface area (Å²) in [6, 6.07) is 0. The Balaban J connectivity index is 1.66. The molecule has 2 N–H and O–H groups in total. The molecule has 0 aliphatic heterocycles. The number of allylic oxidation sites excluding steroid dienone is 2. The van der Waals surface area contributed by atoms with E-state index in [1.54, 1.807) is 6.08 Å². The van der Waals surface area contributed by atoms with Crippen LogP contribution in [0.1, 0.15) is 65.2 Å².